The number of carbonyl (C=O) groups is 2. The van der Waals surface area contributed by atoms with Crippen LogP contribution in [0.5, 0.6) is 5.75 Å². The summed E-state index contributed by atoms with van der Waals surface area (Å²) in [5, 5.41) is 5.72. The Bertz CT molecular complexity index is 754. The molecule has 2 N–H and O–H groups in total. The van der Waals surface area contributed by atoms with E-state index in [0.29, 0.717) is 23.6 Å². The Morgan fingerprint density at radius 3 is 2.34 bits per heavy atom. The molecule has 0 aliphatic carbocycles. The van der Waals surface area contributed by atoms with Crippen molar-refractivity contribution in [3.63, 3.8) is 0 Å². The van der Waals surface area contributed by atoms with Crippen LogP contribution < -0.4 is 15.4 Å². The Labute approximate surface area is 171 Å². The van der Waals surface area contributed by atoms with Crippen LogP contribution in [0, 0.1) is 0 Å². The van der Waals surface area contributed by atoms with E-state index < -0.39 is 12.0 Å². The molecule has 2 aliphatic heterocycles. The molecule has 0 bridgehead atoms. The fraction of sp³-hybridized carbons (Fsp3) is 0.524. The van der Waals surface area contributed by atoms with Gasteiger partial charge in [0.2, 0.25) is 0 Å². The SMILES string of the molecule is CCOC(=O)C1=C(CN2CCN(CC)CC2)NC(=O)NC1c1ccc(OC)cc1. The summed E-state index contributed by atoms with van der Waals surface area (Å²) < 4.78 is 10.5. The van der Waals surface area contributed by atoms with Gasteiger partial charge in [-0.2, -0.15) is 0 Å². The molecule has 2 aliphatic rings. The van der Waals surface area contributed by atoms with Gasteiger partial charge in [0.25, 0.3) is 0 Å². The highest BCUT2D eigenvalue weighted by Gasteiger charge is 2.34. The van der Waals surface area contributed by atoms with E-state index in [1.807, 2.05) is 24.3 Å². The van der Waals surface area contributed by atoms with E-state index in [2.05, 4.69) is 27.4 Å². The lowest BCUT2D eigenvalue weighted by Crippen LogP contribution is -2.51. The van der Waals surface area contributed by atoms with Crippen LogP contribution >= 0.6 is 0 Å². The summed E-state index contributed by atoms with van der Waals surface area (Å²) in [5.41, 5.74) is 1.87. The molecule has 2 amide bonds. The van der Waals surface area contributed by atoms with Crippen LogP contribution in [-0.2, 0) is 9.53 Å². The third kappa shape index (κ3) is 5.07. The first kappa shape index (κ1) is 21.1. The zero-order valence-electron chi connectivity index (χ0n) is 17.4. The largest absolute Gasteiger partial charge is 0.497 e. The first-order chi connectivity index (χ1) is 14.0. The van der Waals surface area contributed by atoms with Crippen molar-refractivity contribution in [1.29, 1.82) is 0 Å². The van der Waals surface area contributed by atoms with Crippen molar-refractivity contribution in [3.05, 3.63) is 41.1 Å². The van der Waals surface area contributed by atoms with Crippen LogP contribution in [0.25, 0.3) is 0 Å². The van der Waals surface area contributed by atoms with Gasteiger partial charge in [0.1, 0.15) is 5.75 Å². The predicted octanol–water partition coefficient (Wildman–Crippen LogP) is 1.50. The highest BCUT2D eigenvalue weighted by molar-refractivity contribution is 5.95. The summed E-state index contributed by atoms with van der Waals surface area (Å²) in [5.74, 6) is 0.299. The third-order valence-corrected chi connectivity index (χ3v) is 5.39. The number of esters is 1. The number of urea groups is 1. The van der Waals surface area contributed by atoms with Gasteiger partial charge in [-0.3, -0.25) is 4.90 Å². The number of benzene rings is 1. The number of nitrogens with one attached hydrogen (secondary N) is 2. The second kappa shape index (κ2) is 9.76. The van der Waals surface area contributed by atoms with Crippen molar-refractivity contribution in [1.82, 2.24) is 20.4 Å². The topological polar surface area (TPSA) is 83.1 Å². The van der Waals surface area contributed by atoms with Crippen molar-refractivity contribution in [2.45, 2.75) is 19.9 Å². The average molecular weight is 402 g/mol. The van der Waals surface area contributed by atoms with Crippen molar-refractivity contribution in [2.75, 3.05) is 53.0 Å². The normalized spacial score (nSPS) is 20.8. The number of hydrogen-bond donors (Lipinski definition) is 2. The van der Waals surface area contributed by atoms with Gasteiger partial charge in [-0.15, -0.1) is 0 Å². The van der Waals surface area contributed by atoms with E-state index in [1.165, 1.54) is 0 Å². The van der Waals surface area contributed by atoms with Crippen LogP contribution in [0.3, 0.4) is 0 Å². The second-order valence-electron chi connectivity index (χ2n) is 7.13. The van der Waals surface area contributed by atoms with Gasteiger partial charge in [0.15, 0.2) is 0 Å². The smallest absolute Gasteiger partial charge is 0.338 e. The van der Waals surface area contributed by atoms with E-state index in [9.17, 15) is 9.59 Å². The molecule has 8 heteroatoms. The summed E-state index contributed by atoms with van der Waals surface area (Å²) in [7, 11) is 1.60. The van der Waals surface area contributed by atoms with Gasteiger partial charge in [-0.05, 0) is 31.2 Å². The fourth-order valence-electron chi connectivity index (χ4n) is 3.73. The zero-order valence-corrected chi connectivity index (χ0v) is 17.4. The molecule has 1 atom stereocenters. The summed E-state index contributed by atoms with van der Waals surface area (Å²) in [4.78, 5) is 29.9. The van der Waals surface area contributed by atoms with Crippen LogP contribution in [0.1, 0.15) is 25.5 Å². The number of nitrogens with zero attached hydrogens (tertiary/aromatic N) is 2. The number of amides is 2. The second-order valence-corrected chi connectivity index (χ2v) is 7.13. The number of likely N-dealkylation sites (N-methyl/N-ethyl adjacent to an activating group) is 1. The van der Waals surface area contributed by atoms with Crippen molar-refractivity contribution < 1.29 is 19.1 Å². The third-order valence-electron chi connectivity index (χ3n) is 5.39. The maximum atomic E-state index is 12.8. The molecule has 1 saturated heterocycles. The highest BCUT2D eigenvalue weighted by Crippen LogP contribution is 2.29. The van der Waals surface area contributed by atoms with Crippen LogP contribution in [0.4, 0.5) is 4.79 Å². The van der Waals surface area contributed by atoms with Crippen LogP contribution in [0.15, 0.2) is 35.5 Å². The van der Waals surface area contributed by atoms with E-state index >= 15 is 0 Å². The number of hydrogen-bond acceptors (Lipinski definition) is 6. The molecule has 0 radical (unpaired) electrons. The van der Waals surface area contributed by atoms with Crippen molar-refractivity contribution in [2.24, 2.45) is 0 Å². The minimum absolute atomic E-state index is 0.272. The lowest BCUT2D eigenvalue weighted by atomic mass is 9.94. The van der Waals surface area contributed by atoms with Gasteiger partial charge in [-0.25, -0.2) is 9.59 Å². The number of rotatable bonds is 7. The first-order valence-corrected chi connectivity index (χ1v) is 10.1. The number of piperazine rings is 1. The van der Waals surface area contributed by atoms with Crippen molar-refractivity contribution in [3.8, 4) is 5.75 Å². The van der Waals surface area contributed by atoms with Crippen molar-refractivity contribution >= 4 is 12.0 Å². The molecule has 0 aromatic heterocycles. The van der Waals surface area contributed by atoms with Gasteiger partial charge < -0.3 is 25.0 Å². The Hall–Kier alpha value is -2.58. The summed E-state index contributed by atoms with van der Waals surface area (Å²) in [6, 6.07) is 6.45. The highest BCUT2D eigenvalue weighted by atomic mass is 16.5. The summed E-state index contributed by atoms with van der Waals surface area (Å²) in [6.07, 6.45) is 0. The van der Waals surface area contributed by atoms with Gasteiger partial charge in [0, 0.05) is 38.4 Å². The molecule has 1 unspecified atom stereocenters. The molecule has 158 valence electrons. The minimum Gasteiger partial charge on any atom is -0.497 e. The standard InChI is InChI=1S/C21H30N4O4/c1-4-24-10-12-25(13-11-24)14-17-18(20(26)29-5-2)19(23-21(27)22-17)15-6-8-16(28-3)9-7-15/h6-9,19H,4-5,10-14H2,1-3H3,(H2,22,23,27). The minimum atomic E-state index is -0.569. The molecule has 8 nitrogen and oxygen atoms in total. The number of carbonyl (C=O) groups excluding carboxylic acids is 2. The molecular formula is C21H30N4O4. The number of methoxy groups -OCH3 is 1. The molecule has 1 aromatic rings. The Kier molecular flexibility index (Phi) is 7.11. The van der Waals surface area contributed by atoms with Crippen LogP contribution in [0.2, 0.25) is 0 Å². The molecule has 1 aromatic carbocycles. The summed E-state index contributed by atoms with van der Waals surface area (Å²) >= 11 is 0. The Balaban J connectivity index is 1.90. The van der Waals surface area contributed by atoms with Gasteiger partial charge >= 0.3 is 12.0 Å². The van der Waals surface area contributed by atoms with E-state index in [4.69, 9.17) is 9.47 Å². The molecule has 0 spiro atoms. The first-order valence-electron chi connectivity index (χ1n) is 10.1. The predicted molar refractivity (Wildman–Crippen MR) is 110 cm³/mol. The number of ether oxygens (including phenoxy) is 2. The van der Waals surface area contributed by atoms with Gasteiger partial charge in [-0.1, -0.05) is 19.1 Å². The van der Waals surface area contributed by atoms with Crippen LogP contribution in [-0.4, -0.2) is 74.8 Å². The average Bonchev–Trinajstić information content (AvgIpc) is 2.74. The lowest BCUT2D eigenvalue weighted by molar-refractivity contribution is -0.139. The summed E-state index contributed by atoms with van der Waals surface area (Å²) in [6.45, 7) is 9.49. The van der Waals surface area contributed by atoms with E-state index in [0.717, 1.165) is 38.3 Å². The molecule has 2 heterocycles. The van der Waals surface area contributed by atoms with E-state index in [-0.39, 0.29) is 12.6 Å². The maximum absolute atomic E-state index is 12.8. The Morgan fingerprint density at radius 2 is 1.76 bits per heavy atom. The Morgan fingerprint density at radius 1 is 1.10 bits per heavy atom. The molecule has 0 saturated carbocycles. The molecule has 3 rings (SSSR count). The molecular weight excluding hydrogens is 372 g/mol. The van der Waals surface area contributed by atoms with Gasteiger partial charge in [0.05, 0.1) is 25.3 Å². The molecule has 29 heavy (non-hydrogen) atoms. The maximum Gasteiger partial charge on any atom is 0.338 e. The quantitative estimate of drug-likeness (QED) is 0.673. The zero-order chi connectivity index (χ0) is 20.8. The van der Waals surface area contributed by atoms with E-state index in [1.54, 1.807) is 14.0 Å². The fourth-order valence-corrected chi connectivity index (χ4v) is 3.73. The lowest BCUT2D eigenvalue weighted by Gasteiger charge is -2.36. The monoisotopic (exact) mass is 402 g/mol. The molecule has 1 fully saturated rings.